The first kappa shape index (κ1) is 9.68. The van der Waals surface area contributed by atoms with Crippen LogP contribution in [-0.2, 0) is 9.59 Å². The lowest BCUT2D eigenvalue weighted by Crippen LogP contribution is -2.19. The average Bonchev–Trinajstić information content (AvgIpc) is 1.88. The Morgan fingerprint density at radius 2 is 1.91 bits per heavy atom. The van der Waals surface area contributed by atoms with Crippen LogP contribution in [0.2, 0.25) is 0 Å². The van der Waals surface area contributed by atoms with E-state index in [4.69, 9.17) is 10.2 Å². The second-order valence-corrected chi connectivity index (χ2v) is 2.13. The monoisotopic (exact) mass is 158 g/mol. The fourth-order valence-electron chi connectivity index (χ4n) is 0.719. The Morgan fingerprint density at radius 3 is 2.00 bits per heavy atom. The van der Waals surface area contributed by atoms with Crippen molar-refractivity contribution in [3.63, 3.8) is 0 Å². The number of hydrogen-bond donors (Lipinski definition) is 2. The zero-order valence-electron chi connectivity index (χ0n) is 6.20. The standard InChI is InChI=1S/C7H10O4/c1-3-5(7(10)11)4(2)6(8)9/h5H,2-3H2,1H3,(H,8,9)(H,10,11). The Hall–Kier alpha value is -1.32. The summed E-state index contributed by atoms with van der Waals surface area (Å²) >= 11 is 0. The van der Waals surface area contributed by atoms with E-state index in [0.717, 1.165) is 0 Å². The van der Waals surface area contributed by atoms with Gasteiger partial charge in [-0.15, -0.1) is 0 Å². The van der Waals surface area contributed by atoms with E-state index in [1.54, 1.807) is 6.92 Å². The molecule has 2 N–H and O–H groups in total. The van der Waals surface area contributed by atoms with E-state index >= 15 is 0 Å². The summed E-state index contributed by atoms with van der Waals surface area (Å²) in [7, 11) is 0. The number of carboxylic acid groups (broad SMARTS) is 2. The molecule has 4 heteroatoms. The summed E-state index contributed by atoms with van der Waals surface area (Å²) in [5.74, 6) is -3.35. The molecule has 0 amide bonds. The van der Waals surface area contributed by atoms with Crippen molar-refractivity contribution in [3.8, 4) is 0 Å². The van der Waals surface area contributed by atoms with Gasteiger partial charge in [0, 0.05) is 5.57 Å². The van der Waals surface area contributed by atoms with Crippen LogP contribution in [-0.4, -0.2) is 22.2 Å². The molecule has 1 unspecified atom stereocenters. The van der Waals surface area contributed by atoms with E-state index < -0.39 is 17.9 Å². The average molecular weight is 158 g/mol. The molecule has 0 saturated carbocycles. The van der Waals surface area contributed by atoms with Crippen LogP contribution in [0.5, 0.6) is 0 Å². The highest BCUT2D eigenvalue weighted by molar-refractivity contribution is 5.93. The number of aliphatic carboxylic acids is 2. The topological polar surface area (TPSA) is 74.6 Å². The molecule has 0 radical (unpaired) electrons. The Bertz CT molecular complexity index is 195. The van der Waals surface area contributed by atoms with Crippen LogP contribution in [0.15, 0.2) is 12.2 Å². The molecular weight excluding hydrogens is 148 g/mol. The van der Waals surface area contributed by atoms with Gasteiger partial charge in [0.25, 0.3) is 0 Å². The molecule has 0 heterocycles. The Kier molecular flexibility index (Phi) is 3.30. The van der Waals surface area contributed by atoms with Gasteiger partial charge in [-0.2, -0.15) is 0 Å². The van der Waals surface area contributed by atoms with E-state index in [0.29, 0.717) is 0 Å². The summed E-state index contributed by atoms with van der Waals surface area (Å²) in [5.41, 5.74) is -0.264. The van der Waals surface area contributed by atoms with E-state index in [1.807, 2.05) is 0 Å². The van der Waals surface area contributed by atoms with Crippen LogP contribution in [0.3, 0.4) is 0 Å². The predicted octanol–water partition coefficient (Wildman–Crippen LogP) is 0.738. The Balaban J connectivity index is 4.39. The summed E-state index contributed by atoms with van der Waals surface area (Å²) in [6, 6.07) is 0. The van der Waals surface area contributed by atoms with E-state index in [2.05, 4.69) is 6.58 Å². The van der Waals surface area contributed by atoms with Gasteiger partial charge in [-0.3, -0.25) is 4.79 Å². The van der Waals surface area contributed by atoms with Gasteiger partial charge >= 0.3 is 11.9 Å². The van der Waals surface area contributed by atoms with Crippen LogP contribution in [0.1, 0.15) is 13.3 Å². The Labute approximate surface area is 64.2 Å². The predicted molar refractivity (Wildman–Crippen MR) is 38.2 cm³/mol. The van der Waals surface area contributed by atoms with Crippen LogP contribution in [0.4, 0.5) is 0 Å². The zero-order chi connectivity index (χ0) is 9.02. The molecule has 0 fully saturated rings. The van der Waals surface area contributed by atoms with Crippen molar-refractivity contribution >= 4 is 11.9 Å². The van der Waals surface area contributed by atoms with Crippen molar-refractivity contribution in [2.45, 2.75) is 13.3 Å². The molecule has 11 heavy (non-hydrogen) atoms. The lowest BCUT2D eigenvalue weighted by atomic mass is 9.98. The molecule has 0 aliphatic carbocycles. The van der Waals surface area contributed by atoms with Crippen molar-refractivity contribution in [3.05, 3.63) is 12.2 Å². The van der Waals surface area contributed by atoms with E-state index in [9.17, 15) is 9.59 Å². The van der Waals surface area contributed by atoms with Gasteiger partial charge in [0.1, 0.15) is 0 Å². The zero-order valence-corrected chi connectivity index (χ0v) is 6.20. The van der Waals surface area contributed by atoms with E-state index in [1.165, 1.54) is 0 Å². The molecular formula is C7H10O4. The minimum atomic E-state index is -1.25. The van der Waals surface area contributed by atoms with Gasteiger partial charge < -0.3 is 10.2 Å². The van der Waals surface area contributed by atoms with Crippen molar-refractivity contribution in [2.24, 2.45) is 5.92 Å². The van der Waals surface area contributed by atoms with Gasteiger partial charge in [-0.25, -0.2) is 4.79 Å². The minimum absolute atomic E-state index is 0.250. The largest absolute Gasteiger partial charge is 0.481 e. The molecule has 0 bridgehead atoms. The van der Waals surface area contributed by atoms with Crippen molar-refractivity contribution in [1.82, 2.24) is 0 Å². The number of rotatable bonds is 4. The fraction of sp³-hybridized carbons (Fsp3) is 0.429. The molecule has 4 nitrogen and oxygen atoms in total. The van der Waals surface area contributed by atoms with Gasteiger partial charge in [-0.1, -0.05) is 13.5 Å². The molecule has 0 aliphatic rings. The first-order valence-corrected chi connectivity index (χ1v) is 3.15. The maximum Gasteiger partial charge on any atom is 0.331 e. The third-order valence-electron chi connectivity index (χ3n) is 1.40. The highest BCUT2D eigenvalue weighted by Crippen LogP contribution is 2.13. The molecule has 0 spiro atoms. The molecule has 0 aliphatic heterocycles. The second kappa shape index (κ2) is 3.75. The lowest BCUT2D eigenvalue weighted by molar-refractivity contribution is -0.143. The van der Waals surface area contributed by atoms with E-state index in [-0.39, 0.29) is 12.0 Å². The first-order valence-electron chi connectivity index (χ1n) is 3.15. The van der Waals surface area contributed by atoms with Crippen molar-refractivity contribution in [2.75, 3.05) is 0 Å². The smallest absolute Gasteiger partial charge is 0.331 e. The molecule has 0 rings (SSSR count). The highest BCUT2D eigenvalue weighted by atomic mass is 16.4. The normalized spacial score (nSPS) is 12.1. The molecule has 0 saturated heterocycles. The van der Waals surface area contributed by atoms with Gasteiger partial charge in [0.2, 0.25) is 0 Å². The molecule has 0 aromatic heterocycles. The van der Waals surface area contributed by atoms with Crippen molar-refractivity contribution < 1.29 is 19.8 Å². The Morgan fingerprint density at radius 1 is 1.45 bits per heavy atom. The minimum Gasteiger partial charge on any atom is -0.481 e. The molecule has 0 aromatic carbocycles. The SMILES string of the molecule is C=C(C(=O)O)C(CC)C(=O)O. The second-order valence-electron chi connectivity index (χ2n) is 2.13. The van der Waals surface area contributed by atoms with Crippen LogP contribution < -0.4 is 0 Å². The number of carboxylic acids is 2. The maximum absolute atomic E-state index is 10.4. The number of hydrogen-bond acceptors (Lipinski definition) is 2. The van der Waals surface area contributed by atoms with Gasteiger partial charge in [0.05, 0.1) is 5.92 Å². The third kappa shape index (κ3) is 2.41. The third-order valence-corrected chi connectivity index (χ3v) is 1.40. The summed E-state index contributed by atoms with van der Waals surface area (Å²) in [6.07, 6.45) is 0.250. The maximum atomic E-state index is 10.4. The summed E-state index contributed by atoms with van der Waals surface area (Å²) in [6.45, 7) is 4.77. The summed E-state index contributed by atoms with van der Waals surface area (Å²) in [5, 5.41) is 16.8. The first-order chi connectivity index (χ1) is 5.00. The fourth-order valence-corrected chi connectivity index (χ4v) is 0.719. The van der Waals surface area contributed by atoms with Crippen molar-refractivity contribution in [1.29, 1.82) is 0 Å². The number of carbonyl (C=O) groups is 2. The molecule has 0 aromatic rings. The summed E-state index contributed by atoms with van der Waals surface area (Å²) in [4.78, 5) is 20.6. The highest BCUT2D eigenvalue weighted by Gasteiger charge is 2.22. The van der Waals surface area contributed by atoms with Crippen LogP contribution >= 0.6 is 0 Å². The quantitative estimate of drug-likeness (QED) is 0.591. The lowest BCUT2D eigenvalue weighted by Gasteiger charge is -2.07. The van der Waals surface area contributed by atoms with Gasteiger partial charge in [-0.05, 0) is 6.42 Å². The van der Waals surface area contributed by atoms with Crippen LogP contribution in [0.25, 0.3) is 0 Å². The molecule has 62 valence electrons. The van der Waals surface area contributed by atoms with Crippen LogP contribution in [0, 0.1) is 5.92 Å². The molecule has 1 atom stereocenters. The summed E-state index contributed by atoms with van der Waals surface area (Å²) < 4.78 is 0. The van der Waals surface area contributed by atoms with Gasteiger partial charge in [0.15, 0.2) is 0 Å².